The van der Waals surface area contributed by atoms with Crippen LogP contribution in [0.1, 0.15) is 30.9 Å². The molecule has 0 bridgehead atoms. The molecule has 2 aromatic carbocycles. The van der Waals surface area contributed by atoms with Crippen molar-refractivity contribution in [2.24, 2.45) is 5.92 Å². The molecule has 0 spiro atoms. The maximum Gasteiger partial charge on any atom is 0.0125 e. The first-order chi connectivity index (χ1) is 7.79. The summed E-state index contributed by atoms with van der Waals surface area (Å²) in [5.41, 5.74) is 5.85. The first kappa shape index (κ1) is 9.65. The maximum absolute atomic E-state index is 2.31. The van der Waals surface area contributed by atoms with Gasteiger partial charge in [0.15, 0.2) is 0 Å². The lowest BCUT2D eigenvalue weighted by molar-refractivity contribution is 0.573. The highest BCUT2D eigenvalue weighted by Crippen LogP contribution is 2.47. The molecule has 0 radical (unpaired) electrons. The van der Waals surface area contributed by atoms with E-state index in [1.54, 1.807) is 0 Å². The summed E-state index contributed by atoms with van der Waals surface area (Å²) in [7, 11) is 0. The topological polar surface area (TPSA) is 0 Å². The van der Waals surface area contributed by atoms with Crippen LogP contribution in [-0.2, 0) is 0 Å². The smallest absolute Gasteiger partial charge is 0.0125 e. The van der Waals surface area contributed by atoms with Crippen LogP contribution in [0.2, 0.25) is 0 Å². The molecule has 1 aliphatic carbocycles. The van der Waals surface area contributed by atoms with Crippen molar-refractivity contribution in [1.82, 2.24) is 0 Å². The summed E-state index contributed by atoms with van der Waals surface area (Å²) in [5.74, 6) is 1.23. The van der Waals surface area contributed by atoms with E-state index in [0.29, 0.717) is 11.8 Å². The molecule has 0 fully saturated rings. The summed E-state index contributed by atoms with van der Waals surface area (Å²) in [6.07, 6.45) is 0. The van der Waals surface area contributed by atoms with Gasteiger partial charge < -0.3 is 0 Å². The van der Waals surface area contributed by atoms with E-state index in [1.807, 2.05) is 0 Å². The molecule has 1 aliphatic rings. The molecule has 0 N–H and O–H groups in total. The molecule has 0 nitrogen and oxygen atoms in total. The van der Waals surface area contributed by atoms with Crippen LogP contribution < -0.4 is 0 Å². The van der Waals surface area contributed by atoms with Crippen molar-refractivity contribution in [3.63, 3.8) is 0 Å². The molecule has 0 amide bonds. The first-order valence-electron chi connectivity index (χ1n) is 5.97. The Hall–Kier alpha value is -1.56. The second kappa shape index (κ2) is 3.48. The average Bonchev–Trinajstić information content (AvgIpc) is 2.63. The van der Waals surface area contributed by atoms with Crippen molar-refractivity contribution in [3.8, 4) is 11.1 Å². The summed E-state index contributed by atoms with van der Waals surface area (Å²) in [5, 5.41) is 0. The maximum atomic E-state index is 2.31. The zero-order valence-corrected chi connectivity index (χ0v) is 9.77. The van der Waals surface area contributed by atoms with Gasteiger partial charge in [0.1, 0.15) is 0 Å². The van der Waals surface area contributed by atoms with Crippen LogP contribution in [0.25, 0.3) is 11.1 Å². The van der Waals surface area contributed by atoms with Crippen LogP contribution in [0.5, 0.6) is 0 Å². The van der Waals surface area contributed by atoms with Crippen molar-refractivity contribution >= 4 is 0 Å². The summed E-state index contributed by atoms with van der Waals surface area (Å²) in [6, 6.07) is 17.6. The molecule has 0 saturated carbocycles. The molecule has 16 heavy (non-hydrogen) atoms. The first-order valence-corrected chi connectivity index (χ1v) is 5.97. The average molecular weight is 208 g/mol. The Morgan fingerprint density at radius 1 is 0.750 bits per heavy atom. The summed E-state index contributed by atoms with van der Waals surface area (Å²) in [6.45, 7) is 4.62. The minimum atomic E-state index is 0.576. The van der Waals surface area contributed by atoms with Gasteiger partial charge in [-0.25, -0.2) is 0 Å². The molecular formula is C16H16. The van der Waals surface area contributed by atoms with Gasteiger partial charge >= 0.3 is 0 Å². The summed E-state index contributed by atoms with van der Waals surface area (Å²) >= 11 is 0. The van der Waals surface area contributed by atoms with Gasteiger partial charge in [-0.1, -0.05) is 62.4 Å². The highest BCUT2D eigenvalue weighted by molar-refractivity contribution is 5.78. The van der Waals surface area contributed by atoms with Crippen LogP contribution in [0.15, 0.2) is 48.5 Å². The molecule has 3 rings (SSSR count). The van der Waals surface area contributed by atoms with Crippen molar-refractivity contribution in [2.45, 2.75) is 19.8 Å². The largest absolute Gasteiger partial charge is 0.0619 e. The molecule has 2 aromatic rings. The second-order valence-corrected chi connectivity index (χ2v) is 4.90. The standard InChI is InChI=1S/C16H16/c1-11(2)16-14-9-5-3-7-12(14)13-8-4-6-10-15(13)16/h3-11,16H,1-2H3. The van der Waals surface area contributed by atoms with Crippen LogP contribution in [-0.4, -0.2) is 0 Å². The molecule has 0 aliphatic heterocycles. The predicted octanol–water partition coefficient (Wildman–Crippen LogP) is 4.45. The van der Waals surface area contributed by atoms with Gasteiger partial charge in [-0.15, -0.1) is 0 Å². The lowest BCUT2D eigenvalue weighted by Crippen LogP contribution is -2.04. The number of hydrogen-bond donors (Lipinski definition) is 0. The molecular weight excluding hydrogens is 192 g/mol. The molecule has 0 unspecified atom stereocenters. The van der Waals surface area contributed by atoms with Gasteiger partial charge in [-0.3, -0.25) is 0 Å². The van der Waals surface area contributed by atoms with E-state index in [2.05, 4.69) is 62.4 Å². The Morgan fingerprint density at radius 3 is 1.62 bits per heavy atom. The Kier molecular flexibility index (Phi) is 2.10. The monoisotopic (exact) mass is 208 g/mol. The minimum Gasteiger partial charge on any atom is -0.0619 e. The van der Waals surface area contributed by atoms with E-state index in [-0.39, 0.29) is 0 Å². The second-order valence-electron chi connectivity index (χ2n) is 4.90. The zero-order chi connectivity index (χ0) is 11.1. The van der Waals surface area contributed by atoms with Crippen LogP contribution in [0, 0.1) is 5.92 Å². The predicted molar refractivity (Wildman–Crippen MR) is 68.6 cm³/mol. The third kappa shape index (κ3) is 1.23. The van der Waals surface area contributed by atoms with Gasteiger partial charge in [0.05, 0.1) is 0 Å². The lowest BCUT2D eigenvalue weighted by Gasteiger charge is -2.17. The van der Waals surface area contributed by atoms with Crippen molar-refractivity contribution in [2.75, 3.05) is 0 Å². The van der Waals surface area contributed by atoms with Crippen LogP contribution in [0.3, 0.4) is 0 Å². The van der Waals surface area contributed by atoms with E-state index in [0.717, 1.165) is 0 Å². The Balaban J connectivity index is 2.30. The highest BCUT2D eigenvalue weighted by atomic mass is 14.3. The van der Waals surface area contributed by atoms with Gasteiger partial charge in [-0.05, 0) is 28.2 Å². The highest BCUT2D eigenvalue weighted by Gasteiger charge is 2.29. The fourth-order valence-electron chi connectivity index (χ4n) is 2.91. The molecule has 0 saturated heterocycles. The number of rotatable bonds is 1. The fraction of sp³-hybridized carbons (Fsp3) is 0.250. The summed E-state index contributed by atoms with van der Waals surface area (Å²) < 4.78 is 0. The summed E-state index contributed by atoms with van der Waals surface area (Å²) in [4.78, 5) is 0. The Morgan fingerprint density at radius 2 is 1.19 bits per heavy atom. The third-order valence-corrected chi connectivity index (χ3v) is 3.55. The van der Waals surface area contributed by atoms with Crippen LogP contribution >= 0.6 is 0 Å². The minimum absolute atomic E-state index is 0.576. The SMILES string of the molecule is CC(C)C1c2ccccc2-c2ccccc21. The van der Waals surface area contributed by atoms with Gasteiger partial charge in [0.2, 0.25) is 0 Å². The van der Waals surface area contributed by atoms with E-state index >= 15 is 0 Å². The molecule has 0 heteroatoms. The lowest BCUT2D eigenvalue weighted by atomic mass is 9.87. The third-order valence-electron chi connectivity index (χ3n) is 3.55. The number of benzene rings is 2. The number of hydrogen-bond acceptors (Lipinski definition) is 0. The van der Waals surface area contributed by atoms with Crippen molar-refractivity contribution in [1.29, 1.82) is 0 Å². The van der Waals surface area contributed by atoms with E-state index < -0.39 is 0 Å². The number of fused-ring (bicyclic) bond motifs is 3. The van der Waals surface area contributed by atoms with Crippen LogP contribution in [0.4, 0.5) is 0 Å². The quantitative estimate of drug-likeness (QED) is 0.649. The molecule has 0 aromatic heterocycles. The van der Waals surface area contributed by atoms with Gasteiger partial charge in [-0.2, -0.15) is 0 Å². The molecule has 0 heterocycles. The Labute approximate surface area is 96.9 Å². The fourth-order valence-corrected chi connectivity index (χ4v) is 2.91. The Bertz CT molecular complexity index is 478. The van der Waals surface area contributed by atoms with E-state index in [4.69, 9.17) is 0 Å². The normalized spacial score (nSPS) is 13.9. The molecule has 0 atom stereocenters. The van der Waals surface area contributed by atoms with Crippen molar-refractivity contribution in [3.05, 3.63) is 59.7 Å². The zero-order valence-electron chi connectivity index (χ0n) is 9.77. The van der Waals surface area contributed by atoms with Crippen molar-refractivity contribution < 1.29 is 0 Å². The molecule has 80 valence electrons. The van der Waals surface area contributed by atoms with E-state index in [9.17, 15) is 0 Å². The van der Waals surface area contributed by atoms with Gasteiger partial charge in [0.25, 0.3) is 0 Å². The van der Waals surface area contributed by atoms with E-state index in [1.165, 1.54) is 22.3 Å². The van der Waals surface area contributed by atoms with Gasteiger partial charge in [0, 0.05) is 5.92 Å².